The number of hydrogen-bond acceptors (Lipinski definition) is 4. The number of rotatable bonds is 7. The Morgan fingerprint density at radius 1 is 0.654 bits per heavy atom. The summed E-state index contributed by atoms with van der Waals surface area (Å²) in [6.07, 6.45) is 1.59. The maximum atomic E-state index is 11.2. The molecule has 0 saturated carbocycles. The minimum Gasteiger partial charge on any atom is -0.282 e. The van der Waals surface area contributed by atoms with Crippen LogP contribution in [0.15, 0.2) is 58.3 Å². The highest BCUT2D eigenvalue weighted by Crippen LogP contribution is 2.38. The van der Waals surface area contributed by atoms with Gasteiger partial charge in [-0.2, -0.15) is 16.8 Å². The van der Waals surface area contributed by atoms with Crippen LogP contribution in [0.4, 0.5) is 0 Å². The quantitative estimate of drug-likeness (QED) is 0.685. The summed E-state index contributed by atoms with van der Waals surface area (Å²) in [5, 5.41) is 0. The molecule has 0 fully saturated rings. The van der Waals surface area contributed by atoms with Crippen LogP contribution in [0.3, 0.4) is 0 Å². The lowest BCUT2D eigenvalue weighted by molar-refractivity contribution is 0.480. The molecule has 2 N–H and O–H groups in total. The van der Waals surface area contributed by atoms with Gasteiger partial charge in [0.15, 0.2) is 0 Å². The summed E-state index contributed by atoms with van der Waals surface area (Å²) >= 11 is 0. The molecule has 142 valence electrons. The zero-order valence-corrected chi connectivity index (χ0v) is 16.2. The minimum absolute atomic E-state index is 0.0898. The smallest absolute Gasteiger partial charge is 0.282 e. The molecule has 0 aliphatic carbocycles. The molecule has 2 rings (SSSR count). The highest BCUT2D eigenvalue weighted by Gasteiger charge is 2.23. The fraction of sp³-hybridized carbons (Fsp3) is 0.333. The molecule has 26 heavy (non-hydrogen) atoms. The van der Waals surface area contributed by atoms with Crippen molar-refractivity contribution in [2.75, 3.05) is 0 Å². The molecule has 0 radical (unpaired) electrons. The molecule has 2 aromatic carbocycles. The third-order valence-corrected chi connectivity index (χ3v) is 6.31. The monoisotopic (exact) mass is 398 g/mol. The average molecular weight is 399 g/mol. The van der Waals surface area contributed by atoms with Gasteiger partial charge in [0, 0.05) is 0 Å². The lowest BCUT2D eigenvalue weighted by Crippen LogP contribution is -2.11. The molecule has 0 bridgehead atoms. The highest BCUT2D eigenvalue weighted by molar-refractivity contribution is 7.86. The van der Waals surface area contributed by atoms with Gasteiger partial charge in [-0.1, -0.05) is 38.1 Å². The summed E-state index contributed by atoms with van der Waals surface area (Å²) in [7, 11) is -8.46. The van der Waals surface area contributed by atoms with Gasteiger partial charge in [0.05, 0.1) is 9.79 Å². The van der Waals surface area contributed by atoms with Crippen molar-refractivity contribution >= 4 is 20.2 Å². The third kappa shape index (κ3) is 4.70. The molecule has 0 spiro atoms. The van der Waals surface area contributed by atoms with Crippen LogP contribution in [0.2, 0.25) is 0 Å². The normalized spacial score (nSPS) is 14.8. The Bertz CT molecular complexity index is 864. The lowest BCUT2D eigenvalue weighted by Gasteiger charge is -2.26. The van der Waals surface area contributed by atoms with E-state index in [0.717, 1.165) is 24.0 Å². The van der Waals surface area contributed by atoms with Gasteiger partial charge in [-0.05, 0) is 60.1 Å². The van der Waals surface area contributed by atoms with Crippen LogP contribution >= 0.6 is 0 Å². The van der Waals surface area contributed by atoms with E-state index in [1.165, 1.54) is 24.3 Å². The van der Waals surface area contributed by atoms with Crippen LogP contribution in [0.1, 0.15) is 49.7 Å². The second-order valence-electron chi connectivity index (χ2n) is 6.12. The van der Waals surface area contributed by atoms with E-state index >= 15 is 0 Å². The van der Waals surface area contributed by atoms with Gasteiger partial charge in [-0.3, -0.25) is 9.11 Å². The van der Waals surface area contributed by atoms with Gasteiger partial charge in [-0.25, -0.2) is 0 Å². The maximum absolute atomic E-state index is 11.2. The van der Waals surface area contributed by atoms with E-state index in [1.54, 1.807) is 24.3 Å². The average Bonchev–Trinajstić information content (AvgIpc) is 2.58. The summed E-state index contributed by atoms with van der Waals surface area (Å²) in [4.78, 5) is -0.302. The SMILES string of the molecule is CC[C@H](c1ccc(S(=O)(=O)O)cc1)[C@H](CC)c1ccc(S(=O)(=O)O)cc1. The molecule has 6 nitrogen and oxygen atoms in total. The van der Waals surface area contributed by atoms with Gasteiger partial charge < -0.3 is 0 Å². The summed E-state index contributed by atoms with van der Waals surface area (Å²) in [5.41, 5.74) is 1.87. The summed E-state index contributed by atoms with van der Waals surface area (Å²) in [6, 6.07) is 12.3. The largest absolute Gasteiger partial charge is 0.294 e. The highest BCUT2D eigenvalue weighted by atomic mass is 32.2. The zero-order chi connectivity index (χ0) is 19.5. The Kier molecular flexibility index (Phi) is 6.23. The van der Waals surface area contributed by atoms with Gasteiger partial charge in [0.25, 0.3) is 20.2 Å². The fourth-order valence-electron chi connectivity index (χ4n) is 3.28. The first kappa shape index (κ1) is 20.6. The van der Waals surface area contributed by atoms with Gasteiger partial charge >= 0.3 is 0 Å². The van der Waals surface area contributed by atoms with Crippen molar-refractivity contribution in [2.24, 2.45) is 0 Å². The molecular weight excluding hydrogens is 376 g/mol. The van der Waals surface area contributed by atoms with Crippen LogP contribution in [0.25, 0.3) is 0 Å². The van der Waals surface area contributed by atoms with E-state index < -0.39 is 20.2 Å². The van der Waals surface area contributed by atoms with Crippen LogP contribution in [0, 0.1) is 0 Å². The van der Waals surface area contributed by atoms with E-state index in [4.69, 9.17) is 9.11 Å². The van der Waals surface area contributed by atoms with E-state index in [9.17, 15) is 16.8 Å². The summed E-state index contributed by atoms with van der Waals surface area (Å²) in [5.74, 6) is 0.180. The second-order valence-corrected chi connectivity index (χ2v) is 8.96. The molecule has 0 heterocycles. The molecule has 0 aliphatic rings. The molecular formula is C18H22O6S2. The van der Waals surface area contributed by atoms with Gasteiger partial charge in [0.1, 0.15) is 0 Å². The first-order valence-electron chi connectivity index (χ1n) is 8.22. The van der Waals surface area contributed by atoms with Crippen molar-refractivity contribution in [3.8, 4) is 0 Å². The maximum Gasteiger partial charge on any atom is 0.294 e. The molecule has 0 saturated heterocycles. The van der Waals surface area contributed by atoms with Crippen LogP contribution in [-0.2, 0) is 20.2 Å². The van der Waals surface area contributed by atoms with E-state index in [0.29, 0.717) is 0 Å². The first-order chi connectivity index (χ1) is 12.1. The lowest BCUT2D eigenvalue weighted by atomic mass is 9.78. The third-order valence-electron chi connectivity index (χ3n) is 4.58. The predicted octanol–water partition coefficient (Wildman–Crippen LogP) is 3.87. The Hall–Kier alpha value is -1.74. The zero-order valence-electron chi connectivity index (χ0n) is 14.5. The number of hydrogen-bond donors (Lipinski definition) is 2. The Morgan fingerprint density at radius 2 is 0.923 bits per heavy atom. The van der Waals surface area contributed by atoms with E-state index in [2.05, 4.69) is 0 Å². The predicted molar refractivity (Wildman–Crippen MR) is 98.6 cm³/mol. The fourth-order valence-corrected chi connectivity index (χ4v) is 4.24. The molecule has 0 aromatic heterocycles. The van der Waals surface area contributed by atoms with Gasteiger partial charge in [0.2, 0.25) is 0 Å². The molecule has 2 aromatic rings. The minimum atomic E-state index is -4.23. The first-order valence-corrected chi connectivity index (χ1v) is 11.1. The Labute approximate surface area is 154 Å². The second kappa shape index (κ2) is 7.87. The number of benzene rings is 2. The van der Waals surface area contributed by atoms with Gasteiger partial charge in [-0.15, -0.1) is 0 Å². The van der Waals surface area contributed by atoms with Crippen molar-refractivity contribution in [2.45, 2.75) is 48.3 Å². The standard InChI is InChI=1S/C18H22O6S2/c1-3-17(13-5-9-15(10-6-13)25(19,20)21)18(4-2)14-7-11-16(12-8-14)26(22,23)24/h5-12,17-18H,3-4H2,1-2H3,(H,19,20,21)(H,22,23,24)/t17-,18-/m1/s1. The Balaban J connectivity index is 2.37. The van der Waals surface area contributed by atoms with Crippen LogP contribution in [-0.4, -0.2) is 25.9 Å². The van der Waals surface area contributed by atoms with Crippen molar-refractivity contribution in [3.05, 3.63) is 59.7 Å². The Morgan fingerprint density at radius 3 is 1.12 bits per heavy atom. The summed E-state index contributed by atoms with van der Waals surface area (Å²) in [6.45, 7) is 4.05. The van der Waals surface area contributed by atoms with E-state index in [-0.39, 0.29) is 21.6 Å². The van der Waals surface area contributed by atoms with Crippen LogP contribution in [0.5, 0.6) is 0 Å². The molecule has 0 unspecified atom stereocenters. The van der Waals surface area contributed by atoms with Crippen molar-refractivity contribution < 1.29 is 25.9 Å². The van der Waals surface area contributed by atoms with Crippen molar-refractivity contribution in [1.29, 1.82) is 0 Å². The molecule has 0 aliphatic heterocycles. The molecule has 8 heteroatoms. The molecule has 2 atom stereocenters. The summed E-state index contributed by atoms with van der Waals surface area (Å²) < 4.78 is 63.0. The van der Waals surface area contributed by atoms with Crippen molar-refractivity contribution in [3.63, 3.8) is 0 Å². The topological polar surface area (TPSA) is 109 Å². The molecule has 0 amide bonds. The van der Waals surface area contributed by atoms with E-state index in [1.807, 2.05) is 13.8 Å². The van der Waals surface area contributed by atoms with Crippen molar-refractivity contribution in [1.82, 2.24) is 0 Å². The van der Waals surface area contributed by atoms with Crippen LogP contribution < -0.4 is 0 Å².